The lowest BCUT2D eigenvalue weighted by Crippen LogP contribution is -2.19. The number of allylic oxidation sites excluding steroid dienone is 4. The van der Waals surface area contributed by atoms with Crippen molar-refractivity contribution in [1.82, 2.24) is 0 Å². The largest absolute Gasteiger partial charge is 0.469 e. The molecule has 1 aromatic carbocycles. The second-order valence-corrected chi connectivity index (χ2v) is 6.27. The normalized spacial score (nSPS) is 15.4. The summed E-state index contributed by atoms with van der Waals surface area (Å²) in [5, 5.41) is 9.77. The highest BCUT2D eigenvalue weighted by atomic mass is 16.6. The predicted octanol–water partition coefficient (Wildman–Crippen LogP) is 4.22. The molecule has 0 heterocycles. The molecule has 0 bridgehead atoms. The number of carbonyl (C=O) groups excluding carboxylic acids is 1. The highest BCUT2D eigenvalue weighted by Gasteiger charge is 2.15. The number of benzene rings is 1. The number of rotatable bonds is 6. The van der Waals surface area contributed by atoms with Gasteiger partial charge in [0.15, 0.2) is 6.29 Å². The Labute approximate surface area is 143 Å². The van der Waals surface area contributed by atoms with E-state index in [1.54, 1.807) is 19.1 Å². The lowest BCUT2D eigenvalue weighted by atomic mass is 9.96. The summed E-state index contributed by atoms with van der Waals surface area (Å²) in [5.41, 5.74) is 2.62. The number of aliphatic hydroxyl groups is 1. The number of hydrogen-bond acceptors (Lipinski definition) is 4. The van der Waals surface area contributed by atoms with E-state index >= 15 is 0 Å². The van der Waals surface area contributed by atoms with Crippen LogP contribution >= 0.6 is 0 Å². The number of carbonyl (C=O) groups is 1. The first kappa shape index (κ1) is 18.0. The molecule has 1 unspecified atom stereocenters. The fraction of sp³-hybridized carbons (Fsp3) is 0.350. The summed E-state index contributed by atoms with van der Waals surface area (Å²) in [6.45, 7) is 9.01. The van der Waals surface area contributed by atoms with Crippen molar-refractivity contribution < 1.29 is 19.4 Å². The molecule has 0 radical (unpaired) electrons. The van der Waals surface area contributed by atoms with Crippen LogP contribution < -0.4 is 4.74 Å². The molecule has 0 saturated heterocycles. The minimum atomic E-state index is -0.770. The van der Waals surface area contributed by atoms with Crippen molar-refractivity contribution in [2.24, 2.45) is 5.92 Å². The Bertz CT molecular complexity index is 665. The molecule has 1 aliphatic rings. The smallest absolute Gasteiger partial charge is 0.338 e. The van der Waals surface area contributed by atoms with Crippen molar-refractivity contribution in [2.45, 2.75) is 39.9 Å². The second-order valence-electron chi connectivity index (χ2n) is 6.27. The zero-order valence-corrected chi connectivity index (χ0v) is 14.4. The Morgan fingerprint density at radius 2 is 1.83 bits per heavy atom. The summed E-state index contributed by atoms with van der Waals surface area (Å²) < 4.78 is 10.7. The molecule has 4 heteroatoms. The van der Waals surface area contributed by atoms with E-state index in [2.05, 4.69) is 6.58 Å². The lowest BCUT2D eigenvalue weighted by Gasteiger charge is -2.21. The number of esters is 1. The Morgan fingerprint density at radius 1 is 1.17 bits per heavy atom. The summed E-state index contributed by atoms with van der Waals surface area (Å²) in [5.74, 6) is 0.938. The van der Waals surface area contributed by atoms with E-state index in [0.717, 1.165) is 24.2 Å². The van der Waals surface area contributed by atoms with Crippen molar-refractivity contribution in [3.8, 4) is 5.75 Å². The second kappa shape index (κ2) is 7.97. The van der Waals surface area contributed by atoms with Crippen LogP contribution in [-0.2, 0) is 9.53 Å². The third-order valence-corrected chi connectivity index (χ3v) is 3.74. The Kier molecular flexibility index (Phi) is 5.99. The van der Waals surface area contributed by atoms with Crippen LogP contribution in [0.5, 0.6) is 5.75 Å². The molecular formula is C20H24O4. The molecule has 1 aromatic rings. The molecule has 0 fully saturated rings. The third kappa shape index (κ3) is 4.83. The molecule has 128 valence electrons. The first-order chi connectivity index (χ1) is 11.4. The number of ether oxygens (including phenoxy) is 2. The van der Waals surface area contributed by atoms with Crippen LogP contribution in [-0.4, -0.2) is 17.4 Å². The monoisotopic (exact) mass is 328 g/mol. The molecule has 2 rings (SSSR count). The van der Waals surface area contributed by atoms with Crippen molar-refractivity contribution in [2.75, 3.05) is 0 Å². The fourth-order valence-electron chi connectivity index (χ4n) is 2.18. The summed E-state index contributed by atoms with van der Waals surface area (Å²) in [4.78, 5) is 11.5. The van der Waals surface area contributed by atoms with Crippen LogP contribution in [0.2, 0.25) is 0 Å². The van der Waals surface area contributed by atoms with E-state index in [4.69, 9.17) is 9.47 Å². The highest BCUT2D eigenvalue weighted by Crippen LogP contribution is 2.29. The van der Waals surface area contributed by atoms with Crippen molar-refractivity contribution >= 4 is 11.5 Å². The molecule has 4 nitrogen and oxygen atoms in total. The van der Waals surface area contributed by atoms with Gasteiger partial charge in [-0.25, -0.2) is 4.79 Å². The van der Waals surface area contributed by atoms with Gasteiger partial charge in [0.2, 0.25) is 0 Å². The van der Waals surface area contributed by atoms with E-state index < -0.39 is 12.3 Å². The molecular weight excluding hydrogens is 304 g/mol. The molecule has 1 aliphatic carbocycles. The van der Waals surface area contributed by atoms with Gasteiger partial charge in [0.25, 0.3) is 0 Å². The Hall–Kier alpha value is -2.33. The van der Waals surface area contributed by atoms with Crippen LogP contribution in [0.3, 0.4) is 0 Å². The first-order valence-corrected chi connectivity index (χ1v) is 8.09. The number of aliphatic hydroxyl groups excluding tert-OH is 1. The molecule has 0 saturated carbocycles. The van der Waals surface area contributed by atoms with Gasteiger partial charge in [-0.2, -0.15) is 0 Å². The zero-order valence-electron chi connectivity index (χ0n) is 14.4. The molecule has 1 atom stereocenters. The van der Waals surface area contributed by atoms with Crippen molar-refractivity contribution in [3.63, 3.8) is 0 Å². The quantitative estimate of drug-likeness (QED) is 0.368. The lowest BCUT2D eigenvalue weighted by molar-refractivity contribution is -0.130. The minimum Gasteiger partial charge on any atom is -0.469 e. The maximum atomic E-state index is 11.5. The molecule has 0 aliphatic heterocycles. The summed E-state index contributed by atoms with van der Waals surface area (Å²) in [6.07, 6.45) is 4.72. The van der Waals surface area contributed by atoms with E-state index in [1.165, 1.54) is 5.57 Å². The van der Waals surface area contributed by atoms with Crippen molar-refractivity contribution in [3.05, 3.63) is 59.9 Å². The topological polar surface area (TPSA) is 55.8 Å². The van der Waals surface area contributed by atoms with Crippen molar-refractivity contribution in [1.29, 1.82) is 0 Å². The van der Waals surface area contributed by atoms with Gasteiger partial charge >= 0.3 is 5.97 Å². The standard InChI is InChI=1S/C20H24O4/c1-13(2)19(21)23-17-9-5-15(6-10-17)16-7-11-18(12-8-16)24-20(22)14(3)4/h5-7,9-11,14,20,22H,1,8,12H2,2-4H3. The Balaban J connectivity index is 2.02. The van der Waals surface area contributed by atoms with Gasteiger partial charge in [0.1, 0.15) is 5.75 Å². The summed E-state index contributed by atoms with van der Waals surface area (Å²) in [7, 11) is 0. The van der Waals surface area contributed by atoms with Gasteiger partial charge in [-0.3, -0.25) is 0 Å². The predicted molar refractivity (Wildman–Crippen MR) is 94.1 cm³/mol. The van der Waals surface area contributed by atoms with Gasteiger partial charge < -0.3 is 14.6 Å². The summed E-state index contributed by atoms with van der Waals surface area (Å²) >= 11 is 0. The average Bonchev–Trinajstić information content (AvgIpc) is 2.56. The molecule has 0 aromatic heterocycles. The van der Waals surface area contributed by atoms with E-state index in [1.807, 2.05) is 38.1 Å². The van der Waals surface area contributed by atoms with Gasteiger partial charge in [-0.05, 0) is 42.7 Å². The van der Waals surface area contributed by atoms with E-state index in [0.29, 0.717) is 11.3 Å². The van der Waals surface area contributed by atoms with Gasteiger partial charge in [0.05, 0.1) is 5.76 Å². The molecule has 1 N–H and O–H groups in total. The van der Waals surface area contributed by atoms with Crippen LogP contribution in [0.1, 0.15) is 39.2 Å². The first-order valence-electron chi connectivity index (χ1n) is 8.09. The average molecular weight is 328 g/mol. The van der Waals surface area contributed by atoms with E-state index in [-0.39, 0.29) is 5.92 Å². The SMILES string of the molecule is C=C(C)C(=O)Oc1ccc(C2=CC=C(OC(O)C(C)C)CC2)cc1. The summed E-state index contributed by atoms with van der Waals surface area (Å²) in [6, 6.07) is 7.40. The van der Waals surface area contributed by atoms with Gasteiger partial charge in [-0.15, -0.1) is 0 Å². The van der Waals surface area contributed by atoms with Crippen LogP contribution in [0.25, 0.3) is 5.57 Å². The highest BCUT2D eigenvalue weighted by molar-refractivity contribution is 5.88. The zero-order chi connectivity index (χ0) is 17.7. The third-order valence-electron chi connectivity index (χ3n) is 3.74. The van der Waals surface area contributed by atoms with Gasteiger partial charge in [-0.1, -0.05) is 38.6 Å². The molecule has 24 heavy (non-hydrogen) atoms. The van der Waals surface area contributed by atoms with Gasteiger partial charge in [0, 0.05) is 17.9 Å². The maximum absolute atomic E-state index is 11.5. The molecule has 0 amide bonds. The van der Waals surface area contributed by atoms with Crippen LogP contribution in [0.15, 0.2) is 54.3 Å². The maximum Gasteiger partial charge on any atom is 0.338 e. The van der Waals surface area contributed by atoms with Crippen LogP contribution in [0, 0.1) is 5.92 Å². The van der Waals surface area contributed by atoms with Crippen LogP contribution in [0.4, 0.5) is 0 Å². The molecule has 0 spiro atoms. The number of hydrogen-bond donors (Lipinski definition) is 1. The van der Waals surface area contributed by atoms with E-state index in [9.17, 15) is 9.90 Å². The Morgan fingerprint density at radius 3 is 2.33 bits per heavy atom. The minimum absolute atomic E-state index is 0.0609. The fourth-order valence-corrected chi connectivity index (χ4v) is 2.18.